The highest BCUT2D eigenvalue weighted by molar-refractivity contribution is 6.12. The summed E-state index contributed by atoms with van der Waals surface area (Å²) in [5.74, 6) is -1.19. The van der Waals surface area contributed by atoms with Crippen LogP contribution in [0.25, 0.3) is 22.3 Å². The number of esters is 1. The second-order valence-electron chi connectivity index (χ2n) is 11.0. The van der Waals surface area contributed by atoms with Crippen LogP contribution in [0.1, 0.15) is 58.0 Å². The third-order valence-corrected chi connectivity index (χ3v) is 8.63. The fourth-order valence-corrected chi connectivity index (χ4v) is 6.27. The number of nitrogens with one attached hydrogen (secondary N) is 1. The van der Waals surface area contributed by atoms with E-state index in [9.17, 15) is 19.2 Å². The molecule has 1 saturated heterocycles. The number of carbonyl (C=O) groups is 3. The van der Waals surface area contributed by atoms with Crippen LogP contribution >= 0.6 is 0 Å². The van der Waals surface area contributed by atoms with E-state index in [1.165, 1.54) is 4.57 Å². The monoisotopic (exact) mass is 542 g/mol. The molecule has 0 spiro atoms. The molecule has 10 nitrogen and oxygen atoms in total. The van der Waals surface area contributed by atoms with E-state index in [2.05, 4.69) is 10.2 Å². The lowest BCUT2D eigenvalue weighted by Gasteiger charge is -2.29. The normalized spacial score (nSPS) is 21.6. The lowest BCUT2D eigenvalue weighted by molar-refractivity contribution is -0.140. The van der Waals surface area contributed by atoms with Gasteiger partial charge >= 0.3 is 5.97 Å². The van der Waals surface area contributed by atoms with Crippen molar-refractivity contribution in [2.45, 2.75) is 38.3 Å². The Morgan fingerprint density at radius 2 is 1.93 bits per heavy atom. The Labute approximate surface area is 230 Å². The molecule has 1 aliphatic carbocycles. The number of rotatable bonds is 7. The number of aromatic nitrogens is 2. The Hall–Kier alpha value is -3.89. The third-order valence-electron chi connectivity index (χ3n) is 8.63. The Morgan fingerprint density at radius 1 is 1.15 bits per heavy atom. The second-order valence-corrected chi connectivity index (χ2v) is 11.0. The van der Waals surface area contributed by atoms with Crippen LogP contribution in [0, 0.1) is 5.92 Å². The van der Waals surface area contributed by atoms with Gasteiger partial charge in [-0.3, -0.25) is 19.3 Å². The van der Waals surface area contributed by atoms with Gasteiger partial charge in [0.1, 0.15) is 5.56 Å². The largest absolute Gasteiger partial charge is 0.440 e. The van der Waals surface area contributed by atoms with Gasteiger partial charge in [0.2, 0.25) is 5.60 Å². The minimum atomic E-state index is -1.61. The van der Waals surface area contributed by atoms with Crippen LogP contribution in [0.15, 0.2) is 35.1 Å². The van der Waals surface area contributed by atoms with E-state index in [0.717, 1.165) is 31.3 Å². The van der Waals surface area contributed by atoms with Gasteiger partial charge in [0.15, 0.2) is 5.78 Å². The van der Waals surface area contributed by atoms with Gasteiger partial charge in [0, 0.05) is 54.2 Å². The van der Waals surface area contributed by atoms with Crippen molar-refractivity contribution in [3.63, 3.8) is 0 Å². The van der Waals surface area contributed by atoms with E-state index in [4.69, 9.17) is 14.5 Å². The minimum Gasteiger partial charge on any atom is -0.440 e. The third kappa shape index (κ3) is 3.73. The molecule has 3 aliphatic heterocycles. The number of hydrogen-bond donors (Lipinski definition) is 1. The Balaban J connectivity index is 1.30. The van der Waals surface area contributed by atoms with E-state index < -0.39 is 23.0 Å². The number of ketones is 1. The predicted molar refractivity (Wildman–Crippen MR) is 145 cm³/mol. The van der Waals surface area contributed by atoms with E-state index in [0.29, 0.717) is 54.3 Å². The molecule has 0 bridgehead atoms. The number of para-hydroxylation sites is 1. The minimum absolute atomic E-state index is 0.00998. The molecule has 206 valence electrons. The zero-order valence-corrected chi connectivity index (χ0v) is 22.3. The Kier molecular flexibility index (Phi) is 5.87. The lowest BCUT2D eigenvalue weighted by atomic mass is 9.88. The maximum absolute atomic E-state index is 13.8. The lowest BCUT2D eigenvalue weighted by Crippen LogP contribution is -2.48. The fourth-order valence-electron chi connectivity index (χ4n) is 6.27. The van der Waals surface area contributed by atoms with Gasteiger partial charge in [0.25, 0.3) is 11.5 Å². The SMILES string of the molecule is CC[C@@]1(C(=O)NCCN2CCOCC2)OC(=O)c2c1cc1n(c2=O)Cc2c-1nc1ccccc1c2C(=O)C1CC1. The van der Waals surface area contributed by atoms with Gasteiger partial charge in [0.05, 0.1) is 36.7 Å². The van der Waals surface area contributed by atoms with E-state index in [1.807, 2.05) is 24.3 Å². The van der Waals surface area contributed by atoms with Gasteiger partial charge in [-0.25, -0.2) is 9.78 Å². The van der Waals surface area contributed by atoms with E-state index in [1.54, 1.807) is 13.0 Å². The number of carbonyl (C=O) groups excluding carboxylic acids is 3. The number of nitrogens with zero attached hydrogens (tertiary/aromatic N) is 3. The van der Waals surface area contributed by atoms with Crippen molar-refractivity contribution in [2.24, 2.45) is 5.92 Å². The molecular formula is C30H30N4O6. The maximum Gasteiger partial charge on any atom is 0.345 e. The summed E-state index contributed by atoms with van der Waals surface area (Å²) in [6, 6.07) is 9.20. The van der Waals surface area contributed by atoms with Crippen LogP contribution in [0.4, 0.5) is 0 Å². The molecule has 1 aromatic carbocycles. The standard InChI is InChI=1S/C30H30N4O6/c1-2-30(29(38)31-9-10-33-11-13-39-14-12-33)20-15-22-25-19(16-34(22)27(36)24(20)28(37)40-30)23(26(35)17-7-8-17)18-5-3-4-6-21(18)32-25/h3-6,15,17H,2,7-14,16H2,1H3,(H,31,38)/t30-/m1/s1. The summed E-state index contributed by atoms with van der Waals surface area (Å²) in [4.78, 5) is 61.1. The summed E-state index contributed by atoms with van der Waals surface area (Å²) in [6.45, 7) is 5.83. The molecule has 3 aromatic rings. The number of fused-ring (bicyclic) bond motifs is 5. The first-order valence-electron chi connectivity index (χ1n) is 14.0. The van der Waals surface area contributed by atoms with Gasteiger partial charge < -0.3 is 19.4 Å². The van der Waals surface area contributed by atoms with Gasteiger partial charge in [-0.05, 0) is 31.4 Å². The van der Waals surface area contributed by atoms with Crippen LogP contribution in [0.5, 0.6) is 0 Å². The number of morpholine rings is 1. The summed E-state index contributed by atoms with van der Waals surface area (Å²) < 4.78 is 12.6. The highest BCUT2D eigenvalue weighted by atomic mass is 16.6. The topological polar surface area (TPSA) is 120 Å². The molecule has 1 atom stereocenters. The van der Waals surface area contributed by atoms with Crippen molar-refractivity contribution >= 4 is 28.6 Å². The number of cyclic esters (lactones) is 1. The number of Topliss-reactive ketones (excluding diaryl/α,β-unsaturated/α-hetero) is 1. The summed E-state index contributed by atoms with van der Waals surface area (Å²) in [5.41, 5.74) is 1.00. The molecule has 1 N–H and O–H groups in total. The summed E-state index contributed by atoms with van der Waals surface area (Å²) in [5, 5.41) is 3.70. The van der Waals surface area contributed by atoms with Crippen molar-refractivity contribution in [3.05, 3.63) is 62.9 Å². The molecule has 2 fully saturated rings. The zero-order valence-electron chi connectivity index (χ0n) is 22.3. The summed E-state index contributed by atoms with van der Waals surface area (Å²) in [7, 11) is 0. The number of hydrogen-bond acceptors (Lipinski definition) is 8. The van der Waals surface area contributed by atoms with Crippen LogP contribution in [0.2, 0.25) is 0 Å². The molecule has 40 heavy (non-hydrogen) atoms. The first-order valence-corrected chi connectivity index (χ1v) is 14.0. The molecule has 0 radical (unpaired) electrons. The Bertz CT molecular complexity index is 1650. The predicted octanol–water partition coefficient (Wildman–Crippen LogP) is 2.24. The van der Waals surface area contributed by atoms with Crippen LogP contribution < -0.4 is 10.9 Å². The highest BCUT2D eigenvalue weighted by Crippen LogP contribution is 2.44. The van der Waals surface area contributed by atoms with Gasteiger partial charge in [-0.15, -0.1) is 0 Å². The number of pyridine rings is 2. The molecule has 1 saturated carbocycles. The van der Waals surface area contributed by atoms with Crippen molar-refractivity contribution in [2.75, 3.05) is 39.4 Å². The van der Waals surface area contributed by atoms with E-state index in [-0.39, 0.29) is 35.8 Å². The molecule has 0 unspecified atom stereocenters. The first kappa shape index (κ1) is 25.1. The van der Waals surface area contributed by atoms with Crippen LogP contribution in [-0.2, 0) is 26.4 Å². The molecule has 5 heterocycles. The highest BCUT2D eigenvalue weighted by Gasteiger charge is 2.53. The van der Waals surface area contributed by atoms with Crippen LogP contribution in [0.3, 0.4) is 0 Å². The molecule has 1 amide bonds. The molecular weight excluding hydrogens is 512 g/mol. The maximum atomic E-state index is 13.8. The number of ether oxygens (including phenoxy) is 2. The number of benzene rings is 1. The van der Waals surface area contributed by atoms with E-state index >= 15 is 0 Å². The van der Waals surface area contributed by atoms with Gasteiger partial charge in [-0.1, -0.05) is 25.1 Å². The summed E-state index contributed by atoms with van der Waals surface area (Å²) in [6.07, 6.45) is 1.88. The zero-order chi connectivity index (χ0) is 27.6. The molecule has 10 heteroatoms. The van der Waals surface area contributed by atoms with Crippen molar-refractivity contribution in [1.82, 2.24) is 19.8 Å². The van der Waals surface area contributed by atoms with Crippen molar-refractivity contribution in [3.8, 4) is 11.4 Å². The van der Waals surface area contributed by atoms with Crippen molar-refractivity contribution < 1.29 is 23.9 Å². The molecule has 7 rings (SSSR count). The quantitative estimate of drug-likeness (QED) is 0.279. The second kappa shape index (κ2) is 9.35. The smallest absolute Gasteiger partial charge is 0.345 e. The Morgan fingerprint density at radius 3 is 2.67 bits per heavy atom. The summed E-state index contributed by atoms with van der Waals surface area (Å²) >= 11 is 0. The average molecular weight is 543 g/mol. The first-order chi connectivity index (χ1) is 19.4. The average Bonchev–Trinajstić information content (AvgIpc) is 3.70. The fraction of sp³-hybridized carbons (Fsp3) is 0.433. The van der Waals surface area contributed by atoms with Gasteiger partial charge in [-0.2, -0.15) is 0 Å². The molecule has 2 aromatic heterocycles. The molecule has 4 aliphatic rings. The van der Waals surface area contributed by atoms with Crippen molar-refractivity contribution in [1.29, 1.82) is 0 Å². The number of amides is 1. The van der Waals surface area contributed by atoms with Crippen LogP contribution in [-0.4, -0.2) is 71.5 Å².